The zero-order chi connectivity index (χ0) is 30.0. The Morgan fingerprint density at radius 1 is 0.413 bits per heavy atom. The van der Waals surface area contributed by atoms with E-state index in [2.05, 4.69) is 144 Å². The molecule has 0 atom stereocenters. The number of para-hydroxylation sites is 3. The van der Waals surface area contributed by atoms with Gasteiger partial charge < -0.3 is 13.7 Å². The molecule has 0 fully saturated rings. The van der Waals surface area contributed by atoms with Crippen LogP contribution in [0.5, 0.6) is 11.5 Å². The van der Waals surface area contributed by atoms with Crippen molar-refractivity contribution in [3.8, 4) is 28.3 Å². The van der Waals surface area contributed by atoms with Crippen LogP contribution in [0.25, 0.3) is 60.6 Å². The fraction of sp³-hybridized carbons (Fsp3) is 0.0233. The topological polar surface area (TPSA) is 27.3 Å². The van der Waals surface area contributed by atoms with Crippen molar-refractivity contribution in [2.75, 3.05) is 0 Å². The van der Waals surface area contributed by atoms with Gasteiger partial charge in [0.2, 0.25) is 0 Å². The fourth-order valence-electron chi connectivity index (χ4n) is 8.45. The van der Waals surface area contributed by atoms with Gasteiger partial charge >= 0.3 is 0 Å². The lowest BCUT2D eigenvalue weighted by molar-refractivity contribution is 0.437. The molecule has 0 N–H and O–H groups in total. The summed E-state index contributed by atoms with van der Waals surface area (Å²) >= 11 is 0. The maximum Gasteiger partial charge on any atom is 0.137 e. The molecule has 0 radical (unpaired) electrons. The molecule has 46 heavy (non-hydrogen) atoms. The van der Waals surface area contributed by atoms with E-state index in [-0.39, 0.29) is 0 Å². The van der Waals surface area contributed by atoms with E-state index >= 15 is 0 Å². The highest BCUT2D eigenvalue weighted by atomic mass is 16.5. The molecule has 0 saturated carbocycles. The number of hydrogen-bond donors (Lipinski definition) is 0. The van der Waals surface area contributed by atoms with E-state index < -0.39 is 5.41 Å². The van der Waals surface area contributed by atoms with Gasteiger partial charge in [0.1, 0.15) is 22.7 Å². The van der Waals surface area contributed by atoms with Crippen LogP contribution >= 0.6 is 0 Å². The summed E-state index contributed by atoms with van der Waals surface area (Å²) in [6.07, 6.45) is 0. The van der Waals surface area contributed by atoms with Crippen molar-refractivity contribution in [3.05, 3.63) is 174 Å². The predicted octanol–water partition coefficient (Wildman–Crippen LogP) is 11.2. The Labute approximate surface area is 264 Å². The summed E-state index contributed by atoms with van der Waals surface area (Å²) in [6.45, 7) is 0. The maximum atomic E-state index is 6.83. The first-order chi connectivity index (χ1) is 22.8. The van der Waals surface area contributed by atoms with Crippen LogP contribution in [0, 0.1) is 0 Å². The van der Waals surface area contributed by atoms with E-state index in [4.69, 9.17) is 9.15 Å². The third-order valence-electron chi connectivity index (χ3n) is 10.3. The third-order valence-corrected chi connectivity index (χ3v) is 10.3. The standard InChI is InChI=1S/C43H25NO2/c1-5-15-33-27(11-1)28-12-2-6-16-34(28)43(33)35-17-7-10-20-40(35)46-42-24-32-29-13-3-8-18-37(29)44(38(32)25-36(42)43)26-21-22-31-30-14-4-9-19-39(30)45-41(31)23-26/h1-25H. The molecule has 0 amide bonds. The first kappa shape index (κ1) is 24.3. The monoisotopic (exact) mass is 587 g/mol. The number of ether oxygens (including phenoxy) is 1. The Morgan fingerprint density at radius 3 is 1.89 bits per heavy atom. The molecule has 0 bridgehead atoms. The number of fused-ring (bicyclic) bond motifs is 15. The summed E-state index contributed by atoms with van der Waals surface area (Å²) in [5.41, 5.74) is 12.1. The molecule has 1 spiro atoms. The molecule has 1 aliphatic heterocycles. The van der Waals surface area contributed by atoms with E-state index in [0.29, 0.717) is 0 Å². The second-order valence-electron chi connectivity index (χ2n) is 12.4. The molecule has 0 unspecified atom stereocenters. The Bertz CT molecular complexity index is 2700. The van der Waals surface area contributed by atoms with Gasteiger partial charge in [0.15, 0.2) is 0 Å². The van der Waals surface area contributed by atoms with Crippen molar-refractivity contribution in [2.45, 2.75) is 5.41 Å². The van der Waals surface area contributed by atoms with Gasteiger partial charge in [-0.1, -0.05) is 103 Å². The highest BCUT2D eigenvalue weighted by Gasteiger charge is 2.51. The van der Waals surface area contributed by atoms with E-state index in [9.17, 15) is 0 Å². The number of benzene rings is 7. The van der Waals surface area contributed by atoms with Crippen molar-refractivity contribution >= 4 is 43.7 Å². The van der Waals surface area contributed by atoms with Crippen LogP contribution < -0.4 is 4.74 Å². The molecule has 2 aliphatic rings. The van der Waals surface area contributed by atoms with Gasteiger partial charge in [0.25, 0.3) is 0 Å². The predicted molar refractivity (Wildman–Crippen MR) is 185 cm³/mol. The van der Waals surface area contributed by atoms with Crippen LogP contribution in [-0.4, -0.2) is 4.57 Å². The van der Waals surface area contributed by atoms with Crippen LogP contribution in [0.2, 0.25) is 0 Å². The summed E-state index contributed by atoms with van der Waals surface area (Å²) in [7, 11) is 0. The largest absolute Gasteiger partial charge is 0.457 e. The highest BCUT2D eigenvalue weighted by molar-refractivity contribution is 6.11. The number of furan rings is 1. The van der Waals surface area contributed by atoms with Crippen molar-refractivity contribution < 1.29 is 9.15 Å². The van der Waals surface area contributed by atoms with Crippen LogP contribution in [0.15, 0.2) is 156 Å². The second kappa shape index (κ2) is 8.56. The van der Waals surface area contributed by atoms with E-state index in [1.165, 1.54) is 33.2 Å². The average molecular weight is 588 g/mol. The molecular weight excluding hydrogens is 562 g/mol. The van der Waals surface area contributed by atoms with Crippen molar-refractivity contribution in [3.63, 3.8) is 0 Å². The van der Waals surface area contributed by atoms with Gasteiger partial charge in [-0.2, -0.15) is 0 Å². The van der Waals surface area contributed by atoms with Crippen LogP contribution in [-0.2, 0) is 5.41 Å². The third kappa shape index (κ3) is 2.89. The molecule has 3 heterocycles. The zero-order valence-corrected chi connectivity index (χ0v) is 24.7. The Morgan fingerprint density at radius 2 is 1.07 bits per heavy atom. The zero-order valence-electron chi connectivity index (χ0n) is 24.7. The number of nitrogens with zero attached hydrogens (tertiary/aromatic N) is 1. The SMILES string of the molecule is c1ccc2c(c1)Oc1cc3c4ccccc4n(-c4ccc5c(c4)oc4ccccc45)c3cc1C21c2ccccc2-c2ccccc21. The number of hydrogen-bond acceptors (Lipinski definition) is 2. The molecule has 3 heteroatoms. The van der Waals surface area contributed by atoms with Crippen LogP contribution in [0.4, 0.5) is 0 Å². The summed E-state index contributed by atoms with van der Waals surface area (Å²) in [4.78, 5) is 0. The summed E-state index contributed by atoms with van der Waals surface area (Å²) < 4.78 is 15.6. The van der Waals surface area contributed by atoms with Gasteiger partial charge in [-0.15, -0.1) is 0 Å². The highest BCUT2D eigenvalue weighted by Crippen LogP contribution is 2.62. The van der Waals surface area contributed by atoms with E-state index in [1.54, 1.807) is 0 Å². The molecule has 1 aliphatic carbocycles. The Balaban J connectivity index is 1.28. The number of rotatable bonds is 1. The van der Waals surface area contributed by atoms with Crippen LogP contribution in [0.3, 0.4) is 0 Å². The van der Waals surface area contributed by atoms with Crippen molar-refractivity contribution in [2.24, 2.45) is 0 Å². The summed E-state index contributed by atoms with van der Waals surface area (Å²) in [5, 5.41) is 4.61. The van der Waals surface area contributed by atoms with Crippen LogP contribution in [0.1, 0.15) is 22.3 Å². The molecule has 9 aromatic rings. The Kier molecular flexibility index (Phi) is 4.52. The summed E-state index contributed by atoms with van der Waals surface area (Å²) in [6, 6.07) is 54.5. The molecule has 0 saturated heterocycles. The van der Waals surface area contributed by atoms with Crippen molar-refractivity contribution in [1.29, 1.82) is 0 Å². The molecule has 214 valence electrons. The molecular formula is C43H25NO2. The minimum atomic E-state index is -0.518. The maximum absolute atomic E-state index is 6.83. The van der Waals surface area contributed by atoms with E-state index in [1.807, 2.05) is 12.1 Å². The van der Waals surface area contributed by atoms with Crippen molar-refractivity contribution in [1.82, 2.24) is 4.57 Å². The quantitative estimate of drug-likeness (QED) is 0.191. The Hall–Kier alpha value is -6.06. The smallest absolute Gasteiger partial charge is 0.137 e. The van der Waals surface area contributed by atoms with Gasteiger partial charge in [0, 0.05) is 44.4 Å². The number of aromatic nitrogens is 1. The van der Waals surface area contributed by atoms with E-state index in [0.717, 1.165) is 61.1 Å². The first-order valence-electron chi connectivity index (χ1n) is 15.8. The molecule has 11 rings (SSSR count). The molecule has 2 aromatic heterocycles. The fourth-order valence-corrected chi connectivity index (χ4v) is 8.45. The second-order valence-corrected chi connectivity index (χ2v) is 12.4. The van der Waals surface area contributed by atoms with Gasteiger partial charge in [-0.25, -0.2) is 0 Å². The van der Waals surface area contributed by atoms with Gasteiger partial charge in [-0.05, 0) is 64.7 Å². The summed E-state index contributed by atoms with van der Waals surface area (Å²) in [5.74, 6) is 1.80. The van der Waals surface area contributed by atoms with Gasteiger partial charge in [-0.3, -0.25) is 0 Å². The lowest BCUT2D eigenvalue weighted by Gasteiger charge is -2.39. The molecule has 7 aromatic carbocycles. The minimum absolute atomic E-state index is 0.518. The first-order valence-corrected chi connectivity index (χ1v) is 15.8. The normalized spacial score (nSPS) is 14.0. The average Bonchev–Trinajstić information content (AvgIpc) is 3.74. The van der Waals surface area contributed by atoms with Gasteiger partial charge in [0.05, 0.1) is 16.4 Å². The minimum Gasteiger partial charge on any atom is -0.457 e. The lowest BCUT2D eigenvalue weighted by atomic mass is 9.66. The lowest BCUT2D eigenvalue weighted by Crippen LogP contribution is -2.32. The molecule has 3 nitrogen and oxygen atoms in total.